The van der Waals surface area contributed by atoms with Crippen LogP contribution in [0.3, 0.4) is 0 Å². The summed E-state index contributed by atoms with van der Waals surface area (Å²) in [6, 6.07) is 0. The molecule has 1 unspecified atom stereocenters. The van der Waals surface area contributed by atoms with E-state index in [9.17, 15) is 0 Å². The Hall–Kier alpha value is -0.745. The predicted octanol–water partition coefficient (Wildman–Crippen LogP) is -1.55. The Balaban J connectivity index is 2.47. The van der Waals surface area contributed by atoms with E-state index in [1.54, 1.807) is 0 Å². The van der Waals surface area contributed by atoms with Crippen molar-refractivity contribution in [3.05, 3.63) is 12.1 Å². The number of nitriles is 1. The third kappa shape index (κ3) is 0.817. The molecule has 0 aromatic rings. The van der Waals surface area contributed by atoms with Gasteiger partial charge < -0.3 is 5.23 Å². The summed E-state index contributed by atoms with van der Waals surface area (Å²) in [6.45, 7) is 0.410. The van der Waals surface area contributed by atoms with Crippen molar-refractivity contribution in [1.29, 1.82) is 5.26 Å². The van der Waals surface area contributed by atoms with Gasteiger partial charge in [-0.05, 0) is 0 Å². The fourth-order valence-electron chi connectivity index (χ4n) is 0.765. The first kappa shape index (κ1) is 4.41. The third-order valence-electron chi connectivity index (χ3n) is 1.22. The molecule has 0 spiro atoms. The van der Waals surface area contributed by atoms with E-state index in [0.29, 0.717) is 0 Å². The molecule has 0 bridgehead atoms. The lowest BCUT2D eigenvalue weighted by atomic mass is 9.67. The van der Waals surface area contributed by atoms with Crippen LogP contribution in [0.15, 0.2) is 12.1 Å². The van der Waals surface area contributed by atoms with Crippen molar-refractivity contribution in [2.24, 2.45) is 0 Å². The highest BCUT2D eigenvalue weighted by Gasteiger charge is 2.03. The van der Waals surface area contributed by atoms with Crippen molar-refractivity contribution in [3.63, 3.8) is 0 Å². The van der Waals surface area contributed by atoms with Crippen LogP contribution in [0.2, 0.25) is 0 Å². The molecule has 0 aliphatic carbocycles. The third-order valence-corrected chi connectivity index (χ3v) is 1.22. The van der Waals surface area contributed by atoms with Crippen molar-refractivity contribution in [2.45, 2.75) is 0 Å². The number of nitrogens with zero attached hydrogens (tertiary/aromatic N) is 1. The van der Waals surface area contributed by atoms with Crippen molar-refractivity contribution in [3.8, 4) is 5.97 Å². The van der Waals surface area contributed by atoms with E-state index >= 15 is 0 Å². The molecule has 0 radical (unpaired) electrons. The second kappa shape index (κ2) is 1.81. The molecule has 3 heteroatoms. The smallest absolute Gasteiger partial charge is 0.311 e. The van der Waals surface area contributed by atoms with Gasteiger partial charge in [0, 0.05) is 0 Å². The Morgan fingerprint density at radius 3 is 3.00 bits per heavy atom. The Kier molecular flexibility index (Phi) is 1.14. The lowest BCUT2D eigenvalue weighted by Gasteiger charge is -1.95. The average Bonchev–Trinajstić information content (AvgIpc) is 2.14. The largest absolute Gasteiger partial charge is 0.521 e. The molecule has 1 rings (SSSR count). The van der Waals surface area contributed by atoms with Gasteiger partial charge in [0.1, 0.15) is 0 Å². The molecule has 0 saturated heterocycles. The van der Waals surface area contributed by atoms with Crippen LogP contribution < -0.4 is 5.23 Å². The predicted molar refractivity (Wildman–Crippen MR) is 28.7 cm³/mol. The molecule has 2 nitrogen and oxygen atoms in total. The summed E-state index contributed by atoms with van der Waals surface area (Å²) in [7, 11) is 0. The molecule has 0 fully saturated rings. The van der Waals surface area contributed by atoms with E-state index in [1.807, 2.05) is 12.1 Å². The van der Waals surface area contributed by atoms with Crippen molar-refractivity contribution >= 4 is 6.85 Å². The summed E-state index contributed by atoms with van der Waals surface area (Å²) in [5, 5.41) is 10.3. The first-order valence-electron chi connectivity index (χ1n) is 2.54. The van der Waals surface area contributed by atoms with Crippen LogP contribution in [0.25, 0.3) is 0 Å². The van der Waals surface area contributed by atoms with E-state index < -0.39 is 6.85 Å². The number of rotatable bonds is 0. The van der Waals surface area contributed by atoms with Gasteiger partial charge in [-0.15, -0.1) is 0 Å². The van der Waals surface area contributed by atoms with Crippen molar-refractivity contribution < 1.29 is 5.23 Å². The fraction of sp³-hybridized carbons (Fsp3) is 0.250. The summed E-state index contributed by atoms with van der Waals surface area (Å²) in [6.07, 6.45) is 2.04. The maximum atomic E-state index is 8.27. The van der Waals surface area contributed by atoms with Gasteiger partial charge in [0.05, 0.1) is 6.54 Å². The molecule has 1 heterocycles. The van der Waals surface area contributed by atoms with E-state index in [0.717, 1.165) is 6.54 Å². The van der Waals surface area contributed by atoms with Gasteiger partial charge in [0.2, 0.25) is 0 Å². The quantitative estimate of drug-likeness (QED) is 0.362. The van der Waals surface area contributed by atoms with Gasteiger partial charge >= 0.3 is 6.85 Å². The number of hydrogen-bond acceptors (Lipinski definition) is 1. The normalized spacial score (nSPS) is 27.6. The monoisotopic (exact) mass is 94.1 g/mol. The van der Waals surface area contributed by atoms with E-state index in [2.05, 4.69) is 11.2 Å². The highest BCUT2D eigenvalue weighted by Crippen LogP contribution is 1.75. The molecule has 0 aromatic heterocycles. The van der Waals surface area contributed by atoms with Crippen LogP contribution in [0.1, 0.15) is 0 Å². The van der Waals surface area contributed by atoms with Crippen LogP contribution in [-0.4, -0.2) is 13.4 Å². The highest BCUT2D eigenvalue weighted by molar-refractivity contribution is 6.63. The molecule has 0 aromatic carbocycles. The summed E-state index contributed by atoms with van der Waals surface area (Å²) >= 11 is 0. The molecule has 1 aliphatic rings. The highest BCUT2D eigenvalue weighted by atomic mass is 14.8. The minimum absolute atomic E-state index is 0.597. The minimum Gasteiger partial charge on any atom is -0.521 e. The second-order valence-electron chi connectivity index (χ2n) is 1.80. The maximum absolute atomic E-state index is 8.27. The van der Waals surface area contributed by atoms with Crippen molar-refractivity contribution in [1.82, 2.24) is 0 Å². The Morgan fingerprint density at radius 2 is 2.71 bits per heavy atom. The summed E-state index contributed by atoms with van der Waals surface area (Å²) in [5.74, 6) is 4.20. The van der Waals surface area contributed by atoms with Gasteiger partial charge in [0.15, 0.2) is 0 Å². The van der Waals surface area contributed by atoms with Gasteiger partial charge in [-0.25, -0.2) is 5.26 Å². The lowest BCUT2D eigenvalue weighted by Crippen LogP contribution is -2.89. The lowest BCUT2D eigenvalue weighted by molar-refractivity contribution is -0.502. The minimum atomic E-state index is -0.597. The Labute approximate surface area is 42.9 Å². The molecule has 1 atom stereocenters. The molecule has 7 heavy (non-hydrogen) atoms. The SMILES string of the molecule is N#C[BH-]1C=CC[NH2+]1. The van der Waals surface area contributed by atoms with Gasteiger partial charge in [0.25, 0.3) is 0 Å². The summed E-state index contributed by atoms with van der Waals surface area (Å²) in [4.78, 5) is 0. The Morgan fingerprint density at radius 1 is 1.86 bits per heavy atom. The first-order valence-corrected chi connectivity index (χ1v) is 2.54. The molecular formula is C4H7BN2. The van der Waals surface area contributed by atoms with Gasteiger partial charge in [-0.2, -0.15) is 5.98 Å². The van der Waals surface area contributed by atoms with Crippen LogP contribution in [0.5, 0.6) is 0 Å². The summed E-state index contributed by atoms with van der Waals surface area (Å²) in [5.41, 5.74) is 0. The zero-order valence-electron chi connectivity index (χ0n) is 4.09. The average molecular weight is 93.9 g/mol. The van der Waals surface area contributed by atoms with Crippen LogP contribution in [0.4, 0.5) is 0 Å². The fourth-order valence-corrected chi connectivity index (χ4v) is 0.765. The van der Waals surface area contributed by atoms with Gasteiger partial charge in [-0.3, -0.25) is 0 Å². The molecule has 0 amide bonds. The number of hydrogen-bond donors (Lipinski definition) is 1. The number of quaternary nitrogens is 1. The van der Waals surface area contributed by atoms with E-state index in [-0.39, 0.29) is 0 Å². The molecule has 36 valence electrons. The van der Waals surface area contributed by atoms with E-state index in [1.165, 1.54) is 0 Å². The van der Waals surface area contributed by atoms with Crippen LogP contribution in [0, 0.1) is 11.2 Å². The zero-order valence-corrected chi connectivity index (χ0v) is 4.09. The topological polar surface area (TPSA) is 40.4 Å². The number of nitrogens with two attached hydrogens (primary N) is 1. The molecule has 1 aliphatic heterocycles. The molecule has 0 saturated carbocycles. The van der Waals surface area contributed by atoms with Crippen molar-refractivity contribution in [2.75, 3.05) is 6.54 Å². The second-order valence-corrected chi connectivity index (χ2v) is 1.80. The first-order chi connectivity index (χ1) is 3.43. The molecule has 2 N–H and O–H groups in total. The van der Waals surface area contributed by atoms with E-state index in [4.69, 9.17) is 5.26 Å². The summed E-state index contributed by atoms with van der Waals surface area (Å²) < 4.78 is 0. The zero-order chi connectivity index (χ0) is 5.11. The van der Waals surface area contributed by atoms with Crippen LogP contribution >= 0.6 is 0 Å². The van der Waals surface area contributed by atoms with Gasteiger partial charge in [-0.1, -0.05) is 12.0 Å². The Bertz CT molecular complexity index is 124. The van der Waals surface area contributed by atoms with Crippen LogP contribution in [-0.2, 0) is 0 Å². The standard InChI is InChI=1S/C4H7BN2/c6-4-5-2-1-3-7-5/h1-2,5H,3,7H2. The maximum Gasteiger partial charge on any atom is 0.311 e. The molecular weight excluding hydrogens is 86.9 g/mol.